The zero-order chi connectivity index (χ0) is 20.3. The number of rotatable bonds is 2. The fourth-order valence-electron chi connectivity index (χ4n) is 5.60. The zero-order valence-corrected chi connectivity index (χ0v) is 17.2. The van der Waals surface area contributed by atoms with Gasteiger partial charge in [0, 0.05) is 23.1 Å². The third-order valence-electron chi connectivity index (χ3n) is 6.91. The summed E-state index contributed by atoms with van der Waals surface area (Å²) in [5, 5.41) is 2.19. The van der Waals surface area contributed by atoms with Gasteiger partial charge in [0.25, 0.3) is 0 Å². The second-order valence-electron chi connectivity index (χ2n) is 8.59. The molecule has 0 saturated carbocycles. The summed E-state index contributed by atoms with van der Waals surface area (Å²) < 4.78 is 41.1. The van der Waals surface area contributed by atoms with E-state index in [2.05, 4.69) is 18.2 Å². The second kappa shape index (κ2) is 5.32. The van der Waals surface area contributed by atoms with Gasteiger partial charge in [-0.25, -0.2) is 8.42 Å². The molecule has 0 saturated heterocycles. The lowest BCUT2D eigenvalue weighted by Gasteiger charge is -2.38. The van der Waals surface area contributed by atoms with Gasteiger partial charge in [-0.2, -0.15) is 4.31 Å². The molecule has 4 heterocycles. The Morgan fingerprint density at radius 1 is 1.10 bits per heavy atom. The molecule has 0 radical (unpaired) electrons. The predicted octanol–water partition coefficient (Wildman–Crippen LogP) is 4.08. The van der Waals surface area contributed by atoms with Crippen LogP contribution in [-0.4, -0.2) is 19.3 Å². The van der Waals surface area contributed by atoms with Gasteiger partial charge in [-0.15, -0.1) is 0 Å². The van der Waals surface area contributed by atoms with Crippen LogP contribution in [0.4, 0.5) is 0 Å². The van der Waals surface area contributed by atoms with Crippen molar-refractivity contribution in [3.63, 3.8) is 0 Å². The van der Waals surface area contributed by atoms with Gasteiger partial charge in [0.15, 0.2) is 0 Å². The third kappa shape index (κ3) is 1.92. The van der Waals surface area contributed by atoms with Crippen molar-refractivity contribution in [3.8, 4) is 5.75 Å². The number of hydrogen-bond acceptors (Lipinski definition) is 4. The Hall–Kier alpha value is -2.67. The Balaban J connectivity index is 1.48. The quantitative estimate of drug-likeness (QED) is 0.590. The number of fused-ring (bicyclic) bond motifs is 4. The van der Waals surface area contributed by atoms with Crippen molar-refractivity contribution in [2.45, 2.75) is 36.7 Å². The van der Waals surface area contributed by atoms with Crippen LogP contribution in [0.5, 0.6) is 5.75 Å². The van der Waals surface area contributed by atoms with Crippen LogP contribution in [0.2, 0.25) is 0 Å². The van der Waals surface area contributed by atoms with Gasteiger partial charge in [0.2, 0.25) is 10.0 Å². The first-order valence-corrected chi connectivity index (χ1v) is 11.6. The SMILES string of the molecule is Cc1ccc(S(=O)(=O)N2Cc3c4c(c5c6c(cccc36)OC5)C3C=CC4(C2)O3)cc1. The van der Waals surface area contributed by atoms with E-state index in [0.717, 1.165) is 33.2 Å². The summed E-state index contributed by atoms with van der Waals surface area (Å²) in [6.07, 6.45) is 3.99. The van der Waals surface area contributed by atoms with Crippen molar-refractivity contribution in [1.82, 2.24) is 4.31 Å². The molecule has 0 N–H and O–H groups in total. The number of ether oxygens (including phenoxy) is 2. The molecule has 4 aliphatic heterocycles. The molecule has 0 aromatic heterocycles. The molecule has 4 aliphatic rings. The topological polar surface area (TPSA) is 55.8 Å². The van der Waals surface area contributed by atoms with Crippen molar-refractivity contribution in [2.24, 2.45) is 0 Å². The highest BCUT2D eigenvalue weighted by molar-refractivity contribution is 7.89. The lowest BCUT2D eigenvalue weighted by atomic mass is 9.77. The molecule has 0 fully saturated rings. The first kappa shape index (κ1) is 17.1. The molecule has 3 aromatic carbocycles. The van der Waals surface area contributed by atoms with E-state index in [4.69, 9.17) is 9.47 Å². The number of hydrogen-bond donors (Lipinski definition) is 0. The van der Waals surface area contributed by atoms with Crippen LogP contribution in [-0.2, 0) is 33.5 Å². The maximum atomic E-state index is 13.6. The fraction of sp³-hybridized carbons (Fsp3) is 0.250. The zero-order valence-electron chi connectivity index (χ0n) is 16.4. The van der Waals surface area contributed by atoms with E-state index < -0.39 is 15.6 Å². The van der Waals surface area contributed by atoms with Crippen molar-refractivity contribution in [2.75, 3.05) is 6.54 Å². The second-order valence-corrected chi connectivity index (χ2v) is 10.5. The number of aryl methyl sites for hydroxylation is 1. The molecule has 150 valence electrons. The number of sulfonamides is 1. The summed E-state index contributed by atoms with van der Waals surface area (Å²) in [7, 11) is -3.66. The van der Waals surface area contributed by atoms with Crippen LogP contribution in [0.3, 0.4) is 0 Å². The molecule has 30 heavy (non-hydrogen) atoms. The number of benzene rings is 3. The monoisotopic (exact) mass is 417 g/mol. The third-order valence-corrected chi connectivity index (χ3v) is 8.72. The Morgan fingerprint density at radius 2 is 1.93 bits per heavy atom. The average molecular weight is 417 g/mol. The van der Waals surface area contributed by atoms with Crippen molar-refractivity contribution >= 4 is 20.8 Å². The van der Waals surface area contributed by atoms with E-state index in [0.29, 0.717) is 24.6 Å². The maximum absolute atomic E-state index is 13.6. The molecule has 7 rings (SSSR count). The molecule has 2 bridgehead atoms. The van der Waals surface area contributed by atoms with Crippen LogP contribution in [0.1, 0.15) is 33.9 Å². The van der Waals surface area contributed by atoms with E-state index in [1.165, 1.54) is 11.1 Å². The fourth-order valence-corrected chi connectivity index (χ4v) is 7.04. The smallest absolute Gasteiger partial charge is 0.243 e. The molecular formula is C24H19NO4S. The van der Waals surface area contributed by atoms with Crippen LogP contribution < -0.4 is 4.74 Å². The van der Waals surface area contributed by atoms with Crippen molar-refractivity contribution < 1.29 is 17.9 Å². The predicted molar refractivity (Wildman–Crippen MR) is 112 cm³/mol. The number of nitrogens with zero attached hydrogens (tertiary/aromatic N) is 1. The van der Waals surface area contributed by atoms with E-state index in [1.807, 2.05) is 31.2 Å². The van der Waals surface area contributed by atoms with Crippen LogP contribution in [0.15, 0.2) is 59.5 Å². The summed E-state index contributed by atoms with van der Waals surface area (Å²) in [6, 6.07) is 13.1. The lowest BCUT2D eigenvalue weighted by molar-refractivity contribution is -0.0204. The van der Waals surface area contributed by atoms with Gasteiger partial charge in [0.1, 0.15) is 24.1 Å². The summed E-state index contributed by atoms with van der Waals surface area (Å²) in [6.45, 7) is 3.13. The van der Waals surface area contributed by atoms with E-state index in [1.54, 1.807) is 16.4 Å². The molecule has 5 nitrogen and oxygen atoms in total. The molecule has 0 amide bonds. The standard InChI is InChI=1S/C24H19NO4S/c1-14-5-7-15(8-6-14)30(26,27)25-11-17-16-3-2-4-19-21(16)18(12-28-19)22-20-9-10-24(13-25,29-20)23(17)22/h2-10,20H,11-13H2,1H3. The summed E-state index contributed by atoms with van der Waals surface area (Å²) >= 11 is 0. The lowest BCUT2D eigenvalue weighted by Crippen LogP contribution is -2.46. The Kier molecular flexibility index (Phi) is 3.03. The minimum absolute atomic E-state index is 0.130. The molecule has 2 atom stereocenters. The van der Waals surface area contributed by atoms with E-state index in [-0.39, 0.29) is 6.10 Å². The Bertz CT molecular complexity index is 1410. The van der Waals surface area contributed by atoms with Crippen LogP contribution in [0, 0.1) is 6.92 Å². The summed E-state index contributed by atoms with van der Waals surface area (Å²) in [4.78, 5) is 0.318. The summed E-state index contributed by atoms with van der Waals surface area (Å²) in [5.74, 6) is 0.876. The minimum atomic E-state index is -3.66. The molecular weight excluding hydrogens is 398 g/mol. The van der Waals surface area contributed by atoms with E-state index >= 15 is 0 Å². The van der Waals surface area contributed by atoms with Crippen molar-refractivity contribution in [1.29, 1.82) is 0 Å². The molecule has 0 aliphatic carbocycles. The Labute approximate surface area is 174 Å². The van der Waals surface area contributed by atoms with Gasteiger partial charge >= 0.3 is 0 Å². The van der Waals surface area contributed by atoms with Crippen LogP contribution in [0.25, 0.3) is 10.8 Å². The highest BCUT2D eigenvalue weighted by atomic mass is 32.2. The average Bonchev–Trinajstić information content (AvgIpc) is 3.43. The first-order chi connectivity index (χ1) is 14.5. The minimum Gasteiger partial charge on any atom is -0.488 e. The van der Waals surface area contributed by atoms with Crippen LogP contribution >= 0.6 is 0 Å². The maximum Gasteiger partial charge on any atom is 0.243 e. The molecule has 2 unspecified atom stereocenters. The first-order valence-electron chi connectivity index (χ1n) is 10.2. The van der Waals surface area contributed by atoms with Gasteiger partial charge in [0.05, 0.1) is 11.4 Å². The van der Waals surface area contributed by atoms with E-state index in [9.17, 15) is 8.42 Å². The van der Waals surface area contributed by atoms with Gasteiger partial charge in [-0.05, 0) is 47.7 Å². The molecule has 6 heteroatoms. The molecule has 1 spiro atoms. The normalized spacial score (nSPS) is 25.7. The van der Waals surface area contributed by atoms with Crippen molar-refractivity contribution in [3.05, 3.63) is 82.4 Å². The highest BCUT2D eigenvalue weighted by Gasteiger charge is 2.55. The molecule has 3 aromatic rings. The largest absolute Gasteiger partial charge is 0.488 e. The highest BCUT2D eigenvalue weighted by Crippen LogP contribution is 2.59. The van der Waals surface area contributed by atoms with Gasteiger partial charge < -0.3 is 9.47 Å². The van der Waals surface area contributed by atoms with Gasteiger partial charge in [-0.1, -0.05) is 35.9 Å². The summed E-state index contributed by atoms with van der Waals surface area (Å²) in [5.41, 5.74) is 4.92. The Morgan fingerprint density at radius 3 is 2.77 bits per heavy atom. The van der Waals surface area contributed by atoms with Gasteiger partial charge in [-0.3, -0.25) is 0 Å².